The second-order valence-electron chi connectivity index (χ2n) is 3.58. The van der Waals surface area contributed by atoms with Crippen LogP contribution in [0.3, 0.4) is 0 Å². The van der Waals surface area contributed by atoms with Gasteiger partial charge in [0.2, 0.25) is 0 Å². The number of nitrogens with zero attached hydrogens (tertiary/aromatic N) is 1. The van der Waals surface area contributed by atoms with Gasteiger partial charge < -0.3 is 15.6 Å². The molecular formula is C9H7F3N2O3S. The minimum atomic E-state index is -5.03. The van der Waals surface area contributed by atoms with Gasteiger partial charge in [-0.3, -0.25) is 4.79 Å². The molecule has 18 heavy (non-hydrogen) atoms. The summed E-state index contributed by atoms with van der Waals surface area (Å²) in [4.78, 5) is 11.2. The fourth-order valence-corrected chi connectivity index (χ4v) is 2.68. The maximum absolute atomic E-state index is 12.1. The van der Waals surface area contributed by atoms with Gasteiger partial charge in [-0.1, -0.05) is 5.16 Å². The predicted molar refractivity (Wildman–Crippen MR) is 55.6 cm³/mol. The molecule has 0 saturated heterocycles. The van der Waals surface area contributed by atoms with Crippen LogP contribution >= 0.6 is 11.3 Å². The van der Waals surface area contributed by atoms with Crippen molar-refractivity contribution in [2.45, 2.75) is 18.3 Å². The van der Waals surface area contributed by atoms with Crippen molar-refractivity contribution in [1.82, 2.24) is 5.32 Å². The van der Waals surface area contributed by atoms with E-state index < -0.39 is 24.2 Å². The molecule has 0 fully saturated rings. The van der Waals surface area contributed by atoms with Crippen molar-refractivity contribution < 1.29 is 28.3 Å². The molecule has 1 aromatic heterocycles. The van der Waals surface area contributed by atoms with E-state index in [1.54, 1.807) is 10.7 Å². The van der Waals surface area contributed by atoms with E-state index in [-0.39, 0.29) is 5.71 Å². The highest BCUT2D eigenvalue weighted by Crippen LogP contribution is 2.36. The number of aliphatic hydroxyl groups is 1. The van der Waals surface area contributed by atoms with Gasteiger partial charge in [0.05, 0.1) is 10.9 Å². The third kappa shape index (κ3) is 1.95. The maximum Gasteiger partial charge on any atom is 0.471 e. The zero-order valence-electron chi connectivity index (χ0n) is 8.60. The largest absolute Gasteiger partial charge is 0.471 e. The summed E-state index contributed by atoms with van der Waals surface area (Å²) in [7, 11) is 0. The summed E-state index contributed by atoms with van der Waals surface area (Å²) in [6.45, 7) is 0. The summed E-state index contributed by atoms with van der Waals surface area (Å²) in [5.74, 6) is -2.15. The fourth-order valence-electron chi connectivity index (χ4n) is 1.72. The molecule has 98 valence electrons. The van der Waals surface area contributed by atoms with Crippen LogP contribution in [0.5, 0.6) is 0 Å². The first-order valence-corrected chi connectivity index (χ1v) is 5.59. The molecule has 2 atom stereocenters. The topological polar surface area (TPSA) is 81.9 Å². The van der Waals surface area contributed by atoms with Crippen LogP contribution in [0, 0.1) is 0 Å². The Morgan fingerprint density at radius 1 is 1.50 bits per heavy atom. The number of halogens is 3. The maximum atomic E-state index is 12.1. The highest BCUT2D eigenvalue weighted by atomic mass is 32.1. The van der Waals surface area contributed by atoms with Gasteiger partial charge in [-0.15, -0.1) is 11.3 Å². The molecule has 0 aliphatic heterocycles. The first-order valence-electron chi connectivity index (χ1n) is 4.71. The van der Waals surface area contributed by atoms with Crippen LogP contribution in [0.4, 0.5) is 13.2 Å². The van der Waals surface area contributed by atoms with Crippen molar-refractivity contribution in [3.63, 3.8) is 0 Å². The zero-order valence-corrected chi connectivity index (χ0v) is 9.42. The van der Waals surface area contributed by atoms with Gasteiger partial charge in [-0.05, 0) is 17.0 Å². The molecule has 1 aliphatic rings. The van der Waals surface area contributed by atoms with Gasteiger partial charge in [0.1, 0.15) is 11.8 Å². The number of carbonyl (C=O) groups is 1. The van der Waals surface area contributed by atoms with Crippen molar-refractivity contribution in [2.24, 2.45) is 5.16 Å². The van der Waals surface area contributed by atoms with Crippen molar-refractivity contribution in [3.05, 3.63) is 21.9 Å². The van der Waals surface area contributed by atoms with E-state index in [0.717, 1.165) is 11.3 Å². The Hall–Kier alpha value is -1.61. The molecule has 0 spiro atoms. The van der Waals surface area contributed by atoms with Gasteiger partial charge in [0.15, 0.2) is 0 Å². The van der Waals surface area contributed by atoms with Gasteiger partial charge in [-0.2, -0.15) is 13.2 Å². The van der Waals surface area contributed by atoms with Crippen LogP contribution in [0.1, 0.15) is 16.5 Å². The summed E-state index contributed by atoms with van der Waals surface area (Å²) in [6.07, 6.45) is -6.53. The van der Waals surface area contributed by atoms with Crippen molar-refractivity contribution in [1.29, 1.82) is 0 Å². The van der Waals surface area contributed by atoms with Gasteiger partial charge in [-0.25, -0.2) is 0 Å². The minimum absolute atomic E-state index is 0.146. The van der Waals surface area contributed by atoms with Crippen molar-refractivity contribution in [3.8, 4) is 0 Å². The number of amides is 1. The smallest absolute Gasteiger partial charge is 0.411 e. The first kappa shape index (κ1) is 12.8. The molecule has 0 saturated carbocycles. The molecule has 2 rings (SSSR count). The van der Waals surface area contributed by atoms with E-state index in [0.29, 0.717) is 10.4 Å². The van der Waals surface area contributed by atoms with E-state index in [9.17, 15) is 23.1 Å². The lowest BCUT2D eigenvalue weighted by molar-refractivity contribution is -0.174. The van der Waals surface area contributed by atoms with Crippen LogP contribution in [-0.2, 0) is 4.79 Å². The van der Waals surface area contributed by atoms with E-state index in [1.807, 2.05) is 0 Å². The third-order valence-electron chi connectivity index (χ3n) is 2.51. The van der Waals surface area contributed by atoms with Crippen LogP contribution in [0.2, 0.25) is 0 Å². The first-order chi connectivity index (χ1) is 8.36. The Morgan fingerprint density at radius 2 is 2.17 bits per heavy atom. The second kappa shape index (κ2) is 4.25. The Labute approximate surface area is 103 Å². The lowest BCUT2D eigenvalue weighted by Crippen LogP contribution is -2.42. The fraction of sp³-hybridized carbons (Fsp3) is 0.333. The van der Waals surface area contributed by atoms with Gasteiger partial charge in [0.25, 0.3) is 0 Å². The van der Waals surface area contributed by atoms with Crippen LogP contribution < -0.4 is 5.32 Å². The number of fused-ring (bicyclic) bond motifs is 1. The SMILES string of the molecule is O=C(N[C@H]1c2ccsc2/C(=N/O)[C@H]1O)C(F)(F)F. The summed E-state index contributed by atoms with van der Waals surface area (Å²) < 4.78 is 36.4. The molecule has 0 unspecified atom stereocenters. The standard InChI is InChI=1S/C9H7F3N2O3S/c10-9(11,12)8(16)13-4-3-1-2-18-7(3)5(14-17)6(4)15/h1-2,4,6,15,17H,(H,13,16)/b14-5+/t4-,6-/m0/s1. The molecule has 0 bridgehead atoms. The van der Waals surface area contributed by atoms with E-state index in [1.165, 1.54) is 6.07 Å². The second-order valence-corrected chi connectivity index (χ2v) is 4.50. The Bertz CT molecular complexity index is 511. The number of carbonyl (C=O) groups excluding carboxylic acids is 1. The number of alkyl halides is 3. The highest BCUT2D eigenvalue weighted by molar-refractivity contribution is 7.12. The molecule has 0 aromatic carbocycles. The molecule has 1 aromatic rings. The molecule has 5 nitrogen and oxygen atoms in total. The molecule has 0 radical (unpaired) electrons. The van der Waals surface area contributed by atoms with Crippen LogP contribution in [0.25, 0.3) is 0 Å². The summed E-state index contributed by atoms with van der Waals surface area (Å²) in [5, 5.41) is 24.5. The van der Waals surface area contributed by atoms with Gasteiger partial charge in [0, 0.05) is 0 Å². The number of hydrogen-bond acceptors (Lipinski definition) is 5. The van der Waals surface area contributed by atoms with Gasteiger partial charge >= 0.3 is 12.1 Å². The minimum Gasteiger partial charge on any atom is -0.411 e. The van der Waals surface area contributed by atoms with Crippen molar-refractivity contribution in [2.75, 3.05) is 0 Å². The van der Waals surface area contributed by atoms with E-state index in [2.05, 4.69) is 5.16 Å². The highest BCUT2D eigenvalue weighted by Gasteiger charge is 2.45. The quantitative estimate of drug-likeness (QED) is 0.530. The number of thiophene rings is 1. The molecule has 1 heterocycles. The average Bonchev–Trinajstić information content (AvgIpc) is 2.81. The summed E-state index contributed by atoms with van der Waals surface area (Å²) >= 11 is 1.10. The Kier molecular flexibility index (Phi) is 3.03. The molecule has 1 aliphatic carbocycles. The lowest BCUT2D eigenvalue weighted by atomic mass is 10.1. The van der Waals surface area contributed by atoms with E-state index in [4.69, 9.17) is 5.21 Å². The average molecular weight is 280 g/mol. The molecule has 3 N–H and O–H groups in total. The number of rotatable bonds is 1. The Morgan fingerprint density at radius 3 is 2.72 bits per heavy atom. The molecule has 1 amide bonds. The predicted octanol–water partition coefficient (Wildman–Crippen LogP) is 1.02. The zero-order chi connectivity index (χ0) is 13.5. The summed E-state index contributed by atoms with van der Waals surface area (Å²) in [6, 6.07) is 0.203. The number of aliphatic hydroxyl groups excluding tert-OH is 1. The van der Waals surface area contributed by atoms with Crippen LogP contribution in [-0.4, -0.2) is 34.2 Å². The Balaban J connectivity index is 2.29. The molecule has 9 heteroatoms. The van der Waals surface area contributed by atoms with Crippen LogP contribution in [0.15, 0.2) is 16.6 Å². The monoisotopic (exact) mass is 280 g/mol. The van der Waals surface area contributed by atoms with Crippen molar-refractivity contribution >= 4 is 23.0 Å². The number of nitrogens with one attached hydrogen (secondary N) is 1. The number of oxime groups is 1. The normalized spacial score (nSPS) is 25.2. The lowest BCUT2D eigenvalue weighted by Gasteiger charge is -2.18. The molecular weight excluding hydrogens is 273 g/mol. The number of hydrogen-bond donors (Lipinski definition) is 3. The summed E-state index contributed by atoms with van der Waals surface area (Å²) in [5.41, 5.74) is 0.158. The van der Waals surface area contributed by atoms with E-state index >= 15 is 0 Å². The third-order valence-corrected chi connectivity index (χ3v) is 3.46.